The van der Waals surface area contributed by atoms with Gasteiger partial charge in [-0.2, -0.15) is 0 Å². The van der Waals surface area contributed by atoms with Crippen LogP contribution in [0.1, 0.15) is 0 Å². The van der Waals surface area contributed by atoms with E-state index in [2.05, 4.69) is 10.6 Å². The molecule has 0 atom stereocenters. The maximum atomic E-state index is 11.0. The van der Waals surface area contributed by atoms with Crippen molar-refractivity contribution in [1.82, 2.24) is 0 Å². The lowest BCUT2D eigenvalue weighted by Gasteiger charge is -2.18. The summed E-state index contributed by atoms with van der Waals surface area (Å²) in [4.78, 5) is 11.0. The molecule has 0 aromatic heterocycles. The summed E-state index contributed by atoms with van der Waals surface area (Å²) in [6, 6.07) is 4.28. The van der Waals surface area contributed by atoms with Gasteiger partial charge in [0.1, 0.15) is 0 Å². The first-order chi connectivity index (χ1) is 6.97. The number of hydrogen-bond acceptors (Lipinski definition) is 4. The normalized spacial score (nSPS) is 15.1. The molecule has 6 nitrogen and oxygen atoms in total. The van der Waals surface area contributed by atoms with E-state index in [1.54, 1.807) is 6.07 Å². The molecule has 0 bridgehead atoms. The molecule has 1 heterocycles. The maximum Gasteiger partial charge on any atom is 0.243 e. The highest BCUT2D eigenvalue weighted by Crippen LogP contribution is 2.26. The van der Waals surface area contributed by atoms with E-state index < -0.39 is 10.0 Å². The van der Waals surface area contributed by atoms with Crippen LogP contribution in [0, 0.1) is 0 Å². The number of fused-ring (bicyclic) bond motifs is 1. The topological polar surface area (TPSA) is 101 Å². The number of amides is 1. The van der Waals surface area contributed by atoms with Crippen molar-refractivity contribution in [3.8, 4) is 0 Å². The fourth-order valence-corrected chi connectivity index (χ4v) is 1.87. The fraction of sp³-hybridized carbons (Fsp3) is 0.125. The fourth-order valence-electron chi connectivity index (χ4n) is 1.33. The highest BCUT2D eigenvalue weighted by molar-refractivity contribution is 7.89. The van der Waals surface area contributed by atoms with Crippen molar-refractivity contribution in [2.24, 2.45) is 5.14 Å². The molecular weight excluding hydrogens is 218 g/mol. The zero-order valence-electron chi connectivity index (χ0n) is 7.65. The van der Waals surface area contributed by atoms with E-state index in [0.29, 0.717) is 11.4 Å². The Morgan fingerprint density at radius 1 is 1.27 bits per heavy atom. The van der Waals surface area contributed by atoms with Crippen LogP contribution in [-0.4, -0.2) is 20.9 Å². The molecule has 1 aromatic carbocycles. The number of carbonyl (C=O) groups excluding carboxylic acids is 1. The Balaban J connectivity index is 2.50. The van der Waals surface area contributed by atoms with Crippen LogP contribution in [0.3, 0.4) is 0 Å². The van der Waals surface area contributed by atoms with Gasteiger partial charge >= 0.3 is 0 Å². The van der Waals surface area contributed by atoms with Gasteiger partial charge in [0.05, 0.1) is 22.8 Å². The second-order valence-electron chi connectivity index (χ2n) is 3.15. The van der Waals surface area contributed by atoms with Crippen molar-refractivity contribution in [1.29, 1.82) is 0 Å². The number of hydrogen-bond donors (Lipinski definition) is 3. The first-order valence-electron chi connectivity index (χ1n) is 4.17. The number of sulfonamides is 1. The maximum absolute atomic E-state index is 11.0. The van der Waals surface area contributed by atoms with Crippen molar-refractivity contribution in [3.63, 3.8) is 0 Å². The zero-order valence-corrected chi connectivity index (χ0v) is 8.47. The predicted octanol–water partition coefficient (Wildman–Crippen LogP) is -0.302. The van der Waals surface area contributed by atoms with Crippen LogP contribution >= 0.6 is 0 Å². The molecule has 1 amide bonds. The molecule has 1 aromatic rings. The van der Waals surface area contributed by atoms with Crippen LogP contribution < -0.4 is 15.8 Å². The van der Waals surface area contributed by atoms with Crippen LogP contribution in [0.4, 0.5) is 11.4 Å². The molecule has 7 heteroatoms. The van der Waals surface area contributed by atoms with Crippen LogP contribution in [0.25, 0.3) is 0 Å². The van der Waals surface area contributed by atoms with Crippen LogP contribution in [0.5, 0.6) is 0 Å². The van der Waals surface area contributed by atoms with E-state index in [1.165, 1.54) is 12.1 Å². The van der Waals surface area contributed by atoms with Gasteiger partial charge in [0.25, 0.3) is 0 Å². The van der Waals surface area contributed by atoms with E-state index >= 15 is 0 Å². The summed E-state index contributed by atoms with van der Waals surface area (Å²) < 4.78 is 22.1. The van der Waals surface area contributed by atoms with E-state index in [9.17, 15) is 13.2 Å². The quantitative estimate of drug-likeness (QED) is 0.613. The Morgan fingerprint density at radius 3 is 2.67 bits per heavy atom. The molecule has 80 valence electrons. The molecule has 15 heavy (non-hydrogen) atoms. The number of carbonyl (C=O) groups is 1. The van der Waals surface area contributed by atoms with Crippen molar-refractivity contribution < 1.29 is 13.2 Å². The molecule has 0 fully saturated rings. The summed E-state index contributed by atoms with van der Waals surface area (Å²) in [7, 11) is -3.73. The van der Waals surface area contributed by atoms with Crippen molar-refractivity contribution in [2.45, 2.75) is 4.90 Å². The minimum atomic E-state index is -3.73. The predicted molar refractivity (Wildman–Crippen MR) is 54.9 cm³/mol. The molecule has 0 saturated carbocycles. The van der Waals surface area contributed by atoms with E-state index in [4.69, 9.17) is 5.14 Å². The Bertz CT molecular complexity index is 524. The van der Waals surface area contributed by atoms with Gasteiger partial charge in [-0.05, 0) is 18.2 Å². The standard InChI is InChI=1S/C8H9N3O3S/c9-15(13,14)5-1-2-6-7(3-5)11-8(12)4-10-6/h1-3,10H,4H2,(H,11,12)(H2,9,13,14). The molecule has 1 aliphatic heterocycles. The minimum Gasteiger partial charge on any atom is -0.374 e. The number of primary sulfonamides is 1. The summed E-state index contributed by atoms with van der Waals surface area (Å²) in [6.07, 6.45) is 0. The molecule has 0 unspecified atom stereocenters. The van der Waals surface area contributed by atoms with Crippen molar-refractivity contribution >= 4 is 27.3 Å². The Hall–Kier alpha value is -1.60. The van der Waals surface area contributed by atoms with Crippen LogP contribution in [0.2, 0.25) is 0 Å². The molecule has 1 aliphatic rings. The average molecular weight is 227 g/mol. The Kier molecular flexibility index (Phi) is 2.13. The van der Waals surface area contributed by atoms with E-state index in [0.717, 1.165) is 0 Å². The highest BCUT2D eigenvalue weighted by Gasteiger charge is 2.16. The summed E-state index contributed by atoms with van der Waals surface area (Å²) in [5, 5.41) is 10.4. The lowest BCUT2D eigenvalue weighted by Crippen LogP contribution is -2.27. The average Bonchev–Trinajstić information content (AvgIpc) is 2.15. The molecule has 0 radical (unpaired) electrons. The van der Waals surface area contributed by atoms with Gasteiger partial charge in [-0.3, -0.25) is 4.79 Å². The van der Waals surface area contributed by atoms with Gasteiger partial charge in [0.15, 0.2) is 0 Å². The highest BCUT2D eigenvalue weighted by atomic mass is 32.2. The summed E-state index contributed by atoms with van der Waals surface area (Å²) >= 11 is 0. The lowest BCUT2D eigenvalue weighted by molar-refractivity contribution is -0.114. The third-order valence-electron chi connectivity index (χ3n) is 2.03. The van der Waals surface area contributed by atoms with Gasteiger partial charge in [-0.25, -0.2) is 13.6 Å². The summed E-state index contributed by atoms with van der Waals surface area (Å²) in [5.41, 5.74) is 1.11. The third-order valence-corrected chi connectivity index (χ3v) is 2.94. The van der Waals surface area contributed by atoms with Gasteiger partial charge < -0.3 is 10.6 Å². The van der Waals surface area contributed by atoms with Gasteiger partial charge in [-0.15, -0.1) is 0 Å². The second-order valence-corrected chi connectivity index (χ2v) is 4.72. The Labute approximate surface area is 86.5 Å². The SMILES string of the molecule is NS(=O)(=O)c1ccc2c(c1)NC(=O)CN2. The first-order valence-corrected chi connectivity index (χ1v) is 5.72. The van der Waals surface area contributed by atoms with E-state index in [-0.39, 0.29) is 17.3 Å². The van der Waals surface area contributed by atoms with Crippen molar-refractivity contribution in [3.05, 3.63) is 18.2 Å². The summed E-state index contributed by atoms with van der Waals surface area (Å²) in [6.45, 7) is 0.182. The van der Waals surface area contributed by atoms with Gasteiger partial charge in [0, 0.05) is 0 Å². The van der Waals surface area contributed by atoms with Crippen molar-refractivity contribution in [2.75, 3.05) is 17.2 Å². The molecule has 0 aliphatic carbocycles. The number of rotatable bonds is 1. The molecule has 0 saturated heterocycles. The van der Waals surface area contributed by atoms with Gasteiger partial charge in [-0.1, -0.05) is 0 Å². The molecular formula is C8H9N3O3S. The third kappa shape index (κ3) is 1.92. The first kappa shape index (κ1) is 9.94. The van der Waals surface area contributed by atoms with Crippen LogP contribution in [-0.2, 0) is 14.8 Å². The molecule has 4 N–H and O–H groups in total. The lowest BCUT2D eigenvalue weighted by atomic mass is 10.2. The number of benzene rings is 1. The summed E-state index contributed by atoms with van der Waals surface area (Å²) in [5.74, 6) is -0.214. The van der Waals surface area contributed by atoms with E-state index in [1.807, 2.05) is 0 Å². The molecule has 0 spiro atoms. The number of anilines is 2. The zero-order chi connectivity index (χ0) is 11.1. The smallest absolute Gasteiger partial charge is 0.243 e. The largest absolute Gasteiger partial charge is 0.374 e. The van der Waals surface area contributed by atoms with Crippen LogP contribution in [0.15, 0.2) is 23.1 Å². The number of nitrogens with one attached hydrogen (secondary N) is 2. The number of nitrogens with two attached hydrogens (primary N) is 1. The minimum absolute atomic E-state index is 0.0229. The second kappa shape index (κ2) is 3.21. The molecule has 2 rings (SSSR count). The monoisotopic (exact) mass is 227 g/mol. The Morgan fingerprint density at radius 2 is 2.00 bits per heavy atom. The van der Waals surface area contributed by atoms with Gasteiger partial charge in [0.2, 0.25) is 15.9 Å².